The summed E-state index contributed by atoms with van der Waals surface area (Å²) in [5.41, 5.74) is 2.37. The topological polar surface area (TPSA) is 76.2 Å². The van der Waals surface area contributed by atoms with Crippen molar-refractivity contribution in [1.82, 2.24) is 10.1 Å². The third-order valence-corrected chi connectivity index (χ3v) is 4.53. The van der Waals surface area contributed by atoms with Crippen molar-refractivity contribution >= 4 is 27.5 Å². The normalized spacial score (nSPS) is 14.8. The van der Waals surface area contributed by atoms with Crippen molar-refractivity contribution in [2.75, 3.05) is 0 Å². The standard InChI is InChI=1S/C14H10N2O3S/c17-14(18)11-6-10(16-19-11)8-3-4-9-12(5-8)20-13(15-9)7-1-2-7/h3-7H,1-2H2,(H,17,18). The highest BCUT2D eigenvalue weighted by molar-refractivity contribution is 7.18. The molecule has 0 saturated heterocycles. The molecule has 1 aliphatic carbocycles. The van der Waals surface area contributed by atoms with Crippen LogP contribution >= 0.6 is 11.3 Å². The van der Waals surface area contributed by atoms with Gasteiger partial charge in [-0.3, -0.25) is 0 Å². The van der Waals surface area contributed by atoms with E-state index in [1.54, 1.807) is 11.3 Å². The van der Waals surface area contributed by atoms with Gasteiger partial charge in [0.1, 0.15) is 5.69 Å². The summed E-state index contributed by atoms with van der Waals surface area (Å²) in [5, 5.41) is 13.8. The van der Waals surface area contributed by atoms with Crippen molar-refractivity contribution in [3.63, 3.8) is 0 Å². The molecule has 0 unspecified atom stereocenters. The van der Waals surface area contributed by atoms with Crippen LogP contribution in [0.15, 0.2) is 28.8 Å². The Balaban J connectivity index is 1.76. The molecule has 1 aromatic carbocycles. The zero-order chi connectivity index (χ0) is 13.7. The summed E-state index contributed by atoms with van der Waals surface area (Å²) in [4.78, 5) is 15.4. The van der Waals surface area contributed by atoms with E-state index in [2.05, 4.69) is 10.1 Å². The minimum absolute atomic E-state index is 0.150. The van der Waals surface area contributed by atoms with Gasteiger partial charge in [-0.15, -0.1) is 11.3 Å². The second-order valence-corrected chi connectivity index (χ2v) is 5.95. The second kappa shape index (κ2) is 4.14. The van der Waals surface area contributed by atoms with Gasteiger partial charge in [0.05, 0.1) is 15.2 Å². The number of thiazole rings is 1. The third-order valence-electron chi connectivity index (χ3n) is 3.35. The third kappa shape index (κ3) is 1.89. The first-order valence-corrected chi connectivity index (χ1v) is 7.13. The number of aromatic nitrogens is 2. The Labute approximate surface area is 117 Å². The first-order valence-electron chi connectivity index (χ1n) is 6.31. The highest BCUT2D eigenvalue weighted by Gasteiger charge is 2.27. The number of hydrogen-bond donors (Lipinski definition) is 1. The molecule has 0 bridgehead atoms. The molecule has 1 N–H and O–H groups in total. The number of rotatable bonds is 3. The maximum atomic E-state index is 10.8. The highest BCUT2D eigenvalue weighted by Crippen LogP contribution is 2.43. The first-order chi connectivity index (χ1) is 9.70. The number of aromatic carboxylic acids is 1. The summed E-state index contributed by atoms with van der Waals surface area (Å²) in [5.74, 6) is -0.622. The quantitative estimate of drug-likeness (QED) is 0.797. The number of benzene rings is 1. The molecule has 3 aromatic rings. The van der Waals surface area contributed by atoms with Crippen LogP contribution in [0.2, 0.25) is 0 Å². The lowest BCUT2D eigenvalue weighted by atomic mass is 10.1. The van der Waals surface area contributed by atoms with Crippen LogP contribution in [0, 0.1) is 0 Å². The van der Waals surface area contributed by atoms with E-state index in [0.717, 1.165) is 15.8 Å². The Morgan fingerprint density at radius 3 is 2.90 bits per heavy atom. The van der Waals surface area contributed by atoms with Gasteiger partial charge in [0.15, 0.2) is 0 Å². The maximum absolute atomic E-state index is 10.8. The fraction of sp³-hybridized carbons (Fsp3) is 0.214. The molecule has 2 aromatic heterocycles. The van der Waals surface area contributed by atoms with Gasteiger partial charge in [-0.05, 0) is 25.0 Å². The average molecular weight is 286 g/mol. The van der Waals surface area contributed by atoms with Crippen molar-refractivity contribution in [3.05, 3.63) is 35.0 Å². The van der Waals surface area contributed by atoms with E-state index in [0.29, 0.717) is 11.6 Å². The fourth-order valence-electron chi connectivity index (χ4n) is 2.12. The number of carboxylic acids is 1. The van der Waals surface area contributed by atoms with Crippen LogP contribution in [0.5, 0.6) is 0 Å². The van der Waals surface area contributed by atoms with E-state index in [1.807, 2.05) is 18.2 Å². The molecule has 0 spiro atoms. The van der Waals surface area contributed by atoms with E-state index in [4.69, 9.17) is 9.63 Å². The van der Waals surface area contributed by atoms with Crippen LogP contribution < -0.4 is 0 Å². The summed E-state index contributed by atoms with van der Waals surface area (Å²) in [6, 6.07) is 7.26. The number of carboxylic acid groups (broad SMARTS) is 1. The number of hydrogen-bond acceptors (Lipinski definition) is 5. The van der Waals surface area contributed by atoms with Gasteiger partial charge in [-0.1, -0.05) is 11.2 Å². The Morgan fingerprint density at radius 1 is 1.35 bits per heavy atom. The Bertz CT molecular complexity index is 817. The summed E-state index contributed by atoms with van der Waals surface area (Å²) >= 11 is 1.70. The lowest BCUT2D eigenvalue weighted by molar-refractivity contribution is 0.0652. The van der Waals surface area contributed by atoms with Gasteiger partial charge in [-0.25, -0.2) is 9.78 Å². The zero-order valence-corrected chi connectivity index (χ0v) is 11.2. The lowest BCUT2D eigenvalue weighted by Crippen LogP contribution is -1.91. The number of nitrogens with zero attached hydrogens (tertiary/aromatic N) is 2. The van der Waals surface area contributed by atoms with Crippen LogP contribution in [-0.4, -0.2) is 21.2 Å². The molecular formula is C14H10N2O3S. The van der Waals surface area contributed by atoms with Gasteiger partial charge in [0.2, 0.25) is 5.76 Å². The molecule has 1 fully saturated rings. The van der Waals surface area contributed by atoms with E-state index >= 15 is 0 Å². The summed E-state index contributed by atoms with van der Waals surface area (Å²) < 4.78 is 5.89. The summed E-state index contributed by atoms with van der Waals surface area (Å²) in [6.07, 6.45) is 2.47. The molecule has 5 nitrogen and oxygen atoms in total. The van der Waals surface area contributed by atoms with Crippen molar-refractivity contribution in [1.29, 1.82) is 0 Å². The molecule has 0 aliphatic heterocycles. The van der Waals surface area contributed by atoms with Gasteiger partial charge in [0.25, 0.3) is 0 Å². The van der Waals surface area contributed by atoms with Gasteiger partial charge >= 0.3 is 5.97 Å². The predicted octanol–water partition coefficient (Wildman–Crippen LogP) is 3.53. The van der Waals surface area contributed by atoms with Crippen molar-refractivity contribution in [3.8, 4) is 11.3 Å². The Hall–Kier alpha value is -2.21. The Morgan fingerprint density at radius 2 is 2.20 bits per heavy atom. The van der Waals surface area contributed by atoms with Crippen LogP contribution in [-0.2, 0) is 0 Å². The van der Waals surface area contributed by atoms with Crippen LogP contribution in [0.3, 0.4) is 0 Å². The minimum Gasteiger partial charge on any atom is -0.475 e. The number of fused-ring (bicyclic) bond motifs is 1. The van der Waals surface area contributed by atoms with Crippen LogP contribution in [0.25, 0.3) is 21.5 Å². The summed E-state index contributed by atoms with van der Waals surface area (Å²) in [6.45, 7) is 0. The maximum Gasteiger partial charge on any atom is 0.374 e. The largest absolute Gasteiger partial charge is 0.475 e. The van der Waals surface area contributed by atoms with Gasteiger partial charge in [0, 0.05) is 17.5 Å². The fourth-order valence-corrected chi connectivity index (χ4v) is 3.29. The zero-order valence-electron chi connectivity index (χ0n) is 10.4. The predicted molar refractivity (Wildman–Crippen MR) is 74.1 cm³/mol. The monoisotopic (exact) mass is 286 g/mol. The molecule has 1 aliphatic rings. The van der Waals surface area contributed by atoms with Gasteiger partial charge in [-0.2, -0.15) is 0 Å². The molecule has 0 amide bonds. The molecule has 4 rings (SSSR count). The van der Waals surface area contributed by atoms with Crippen LogP contribution in [0.4, 0.5) is 0 Å². The molecule has 0 atom stereocenters. The van der Waals surface area contributed by atoms with Crippen molar-refractivity contribution in [2.24, 2.45) is 0 Å². The van der Waals surface area contributed by atoms with Crippen LogP contribution in [0.1, 0.15) is 34.3 Å². The SMILES string of the molecule is O=C(O)c1cc(-c2ccc3nc(C4CC4)sc3c2)no1. The molecule has 20 heavy (non-hydrogen) atoms. The second-order valence-electron chi connectivity index (χ2n) is 4.89. The van der Waals surface area contributed by atoms with Crippen molar-refractivity contribution in [2.45, 2.75) is 18.8 Å². The van der Waals surface area contributed by atoms with Gasteiger partial charge < -0.3 is 9.63 Å². The highest BCUT2D eigenvalue weighted by atomic mass is 32.1. The summed E-state index contributed by atoms with van der Waals surface area (Å²) in [7, 11) is 0. The average Bonchev–Trinajstić information content (AvgIpc) is 3.02. The van der Waals surface area contributed by atoms with E-state index in [9.17, 15) is 4.79 Å². The molecule has 0 radical (unpaired) electrons. The van der Waals surface area contributed by atoms with E-state index in [-0.39, 0.29) is 5.76 Å². The smallest absolute Gasteiger partial charge is 0.374 e. The molecular weight excluding hydrogens is 276 g/mol. The van der Waals surface area contributed by atoms with E-state index in [1.165, 1.54) is 23.9 Å². The van der Waals surface area contributed by atoms with E-state index < -0.39 is 5.97 Å². The molecule has 1 saturated carbocycles. The molecule has 2 heterocycles. The minimum atomic E-state index is -1.11. The molecule has 6 heteroatoms. The van der Waals surface area contributed by atoms with Crippen molar-refractivity contribution < 1.29 is 14.4 Å². The molecule has 100 valence electrons. The lowest BCUT2D eigenvalue weighted by Gasteiger charge is -1.94. The Kier molecular flexibility index (Phi) is 2.40. The number of carbonyl (C=O) groups is 1. The first kappa shape index (κ1) is 11.6.